The lowest BCUT2D eigenvalue weighted by atomic mass is 10.0. The first-order valence-electron chi connectivity index (χ1n) is 4.79. The Morgan fingerprint density at radius 2 is 1.73 bits per heavy atom. The summed E-state index contributed by atoms with van der Waals surface area (Å²) in [7, 11) is 0. The first-order valence-corrected chi connectivity index (χ1v) is 4.79. The summed E-state index contributed by atoms with van der Waals surface area (Å²) in [4.78, 5) is 21.8. The molecule has 0 aromatic carbocycles. The Morgan fingerprint density at radius 3 is 2.20 bits per heavy atom. The third-order valence-corrected chi connectivity index (χ3v) is 3.01. The van der Waals surface area contributed by atoms with Gasteiger partial charge >= 0.3 is 11.9 Å². The van der Waals surface area contributed by atoms with Crippen molar-refractivity contribution >= 4 is 11.9 Å². The summed E-state index contributed by atoms with van der Waals surface area (Å²) in [6.07, 6.45) is 0.198. The van der Waals surface area contributed by atoms with E-state index in [9.17, 15) is 9.59 Å². The van der Waals surface area contributed by atoms with Crippen LogP contribution in [0.25, 0.3) is 0 Å². The Hall–Kier alpha value is -1.14. The van der Waals surface area contributed by atoms with E-state index in [4.69, 9.17) is 19.7 Å². The van der Waals surface area contributed by atoms with Gasteiger partial charge < -0.3 is 19.7 Å². The standard InChI is InChI=1S/C9H12O6/c10-7(11)5-3-6(8(12)13)9(4-5)14-1-2-15-9/h5-6H,1-4H2,(H,10,11)(H,12,13). The van der Waals surface area contributed by atoms with E-state index in [-0.39, 0.29) is 12.8 Å². The van der Waals surface area contributed by atoms with Gasteiger partial charge in [0.25, 0.3) is 0 Å². The molecule has 6 nitrogen and oxygen atoms in total. The van der Waals surface area contributed by atoms with Gasteiger partial charge in [-0.25, -0.2) is 0 Å². The largest absolute Gasteiger partial charge is 0.481 e. The third kappa shape index (κ3) is 1.59. The molecule has 1 heterocycles. The summed E-state index contributed by atoms with van der Waals surface area (Å²) in [6, 6.07) is 0. The number of hydrogen-bond donors (Lipinski definition) is 2. The molecule has 1 spiro atoms. The van der Waals surface area contributed by atoms with Gasteiger partial charge in [-0.05, 0) is 6.42 Å². The molecule has 2 rings (SSSR count). The number of carboxylic acids is 2. The molecule has 1 aliphatic carbocycles. The minimum atomic E-state index is -1.20. The van der Waals surface area contributed by atoms with Gasteiger partial charge in [-0.1, -0.05) is 0 Å². The molecule has 2 atom stereocenters. The highest BCUT2D eigenvalue weighted by Gasteiger charge is 2.57. The Bertz CT molecular complexity index is 293. The van der Waals surface area contributed by atoms with Gasteiger partial charge in [0.05, 0.1) is 19.1 Å². The predicted molar refractivity (Wildman–Crippen MR) is 46.1 cm³/mol. The highest BCUT2D eigenvalue weighted by molar-refractivity contribution is 5.76. The molecule has 0 aromatic rings. The summed E-state index contributed by atoms with van der Waals surface area (Å²) >= 11 is 0. The van der Waals surface area contributed by atoms with Crippen molar-refractivity contribution < 1.29 is 29.3 Å². The maximum Gasteiger partial charge on any atom is 0.312 e. The summed E-state index contributed by atoms with van der Waals surface area (Å²) in [5.74, 6) is -4.81. The maximum absolute atomic E-state index is 11.0. The van der Waals surface area contributed by atoms with E-state index >= 15 is 0 Å². The second-order valence-corrected chi connectivity index (χ2v) is 3.87. The summed E-state index contributed by atoms with van der Waals surface area (Å²) in [6.45, 7) is 0.659. The van der Waals surface area contributed by atoms with Gasteiger partial charge in [-0.2, -0.15) is 0 Å². The molecule has 6 heteroatoms. The zero-order chi connectivity index (χ0) is 11.1. The molecule has 1 aliphatic heterocycles. The number of carboxylic acid groups (broad SMARTS) is 2. The number of carbonyl (C=O) groups is 2. The van der Waals surface area contributed by atoms with Crippen LogP contribution in [-0.4, -0.2) is 41.2 Å². The SMILES string of the molecule is O=C(O)C1CC(C(=O)O)C2(C1)OCCO2. The lowest BCUT2D eigenvalue weighted by molar-refractivity contribution is -0.196. The second-order valence-electron chi connectivity index (χ2n) is 3.87. The normalized spacial score (nSPS) is 33.3. The van der Waals surface area contributed by atoms with Crippen molar-refractivity contribution in [3.63, 3.8) is 0 Å². The van der Waals surface area contributed by atoms with E-state index in [1.54, 1.807) is 0 Å². The highest BCUT2D eigenvalue weighted by Crippen LogP contribution is 2.45. The molecule has 2 fully saturated rings. The van der Waals surface area contributed by atoms with Crippen molar-refractivity contribution in [1.82, 2.24) is 0 Å². The van der Waals surface area contributed by atoms with Crippen molar-refractivity contribution in [2.45, 2.75) is 18.6 Å². The molecule has 2 aliphatic rings. The molecule has 1 saturated carbocycles. The summed E-state index contributed by atoms with van der Waals surface area (Å²) in [5, 5.41) is 17.8. The van der Waals surface area contributed by atoms with E-state index in [2.05, 4.69) is 0 Å². The average molecular weight is 216 g/mol. The number of aliphatic carboxylic acids is 2. The molecule has 84 valence electrons. The molecule has 1 saturated heterocycles. The molecule has 0 amide bonds. The van der Waals surface area contributed by atoms with E-state index in [1.165, 1.54) is 0 Å². The van der Waals surface area contributed by atoms with Crippen LogP contribution < -0.4 is 0 Å². The topological polar surface area (TPSA) is 93.1 Å². The summed E-state index contributed by atoms with van der Waals surface area (Å²) < 4.78 is 10.6. The molecule has 0 aromatic heterocycles. The third-order valence-electron chi connectivity index (χ3n) is 3.01. The van der Waals surface area contributed by atoms with Crippen LogP contribution in [-0.2, 0) is 19.1 Å². The fraction of sp³-hybridized carbons (Fsp3) is 0.778. The quantitative estimate of drug-likeness (QED) is 0.670. The molecule has 2 unspecified atom stereocenters. The zero-order valence-corrected chi connectivity index (χ0v) is 8.01. The second kappa shape index (κ2) is 3.46. The smallest absolute Gasteiger partial charge is 0.312 e. The van der Waals surface area contributed by atoms with Crippen LogP contribution in [0.1, 0.15) is 12.8 Å². The van der Waals surface area contributed by atoms with E-state index in [0.717, 1.165) is 0 Å². The Kier molecular flexibility index (Phi) is 2.40. The number of ether oxygens (including phenoxy) is 2. The van der Waals surface area contributed by atoms with Crippen LogP contribution in [0.2, 0.25) is 0 Å². The fourth-order valence-electron chi connectivity index (χ4n) is 2.30. The van der Waals surface area contributed by atoms with E-state index in [0.29, 0.717) is 13.2 Å². The molecule has 0 bridgehead atoms. The molecular formula is C9H12O6. The predicted octanol–water partition coefficient (Wildman–Crippen LogP) is -0.0751. The van der Waals surface area contributed by atoms with Crippen molar-refractivity contribution in [2.75, 3.05) is 13.2 Å². The highest BCUT2D eigenvalue weighted by atomic mass is 16.7. The Labute approximate surface area is 85.8 Å². The summed E-state index contributed by atoms with van der Waals surface area (Å²) in [5.41, 5.74) is 0. The van der Waals surface area contributed by atoms with Gasteiger partial charge in [0.1, 0.15) is 5.92 Å². The van der Waals surface area contributed by atoms with Crippen molar-refractivity contribution in [3.8, 4) is 0 Å². The van der Waals surface area contributed by atoms with Crippen LogP contribution in [0.3, 0.4) is 0 Å². The van der Waals surface area contributed by atoms with Crippen LogP contribution in [0.5, 0.6) is 0 Å². The average Bonchev–Trinajstić information content (AvgIpc) is 2.74. The van der Waals surface area contributed by atoms with Crippen LogP contribution in [0, 0.1) is 11.8 Å². The van der Waals surface area contributed by atoms with Crippen molar-refractivity contribution in [3.05, 3.63) is 0 Å². The number of rotatable bonds is 2. The first kappa shape index (κ1) is 10.4. The monoisotopic (exact) mass is 216 g/mol. The minimum absolute atomic E-state index is 0.0741. The molecular weight excluding hydrogens is 204 g/mol. The lowest BCUT2D eigenvalue weighted by Crippen LogP contribution is -2.39. The first-order chi connectivity index (χ1) is 7.05. The van der Waals surface area contributed by atoms with Gasteiger partial charge in [0, 0.05) is 6.42 Å². The van der Waals surface area contributed by atoms with Crippen molar-refractivity contribution in [2.24, 2.45) is 11.8 Å². The minimum Gasteiger partial charge on any atom is -0.481 e. The fourth-order valence-corrected chi connectivity index (χ4v) is 2.30. The van der Waals surface area contributed by atoms with Gasteiger partial charge in [-0.3, -0.25) is 9.59 Å². The van der Waals surface area contributed by atoms with E-state index in [1.807, 2.05) is 0 Å². The number of hydrogen-bond acceptors (Lipinski definition) is 4. The maximum atomic E-state index is 11.0. The Balaban J connectivity index is 2.21. The Morgan fingerprint density at radius 1 is 1.13 bits per heavy atom. The zero-order valence-electron chi connectivity index (χ0n) is 8.01. The van der Waals surface area contributed by atoms with Crippen molar-refractivity contribution in [1.29, 1.82) is 0 Å². The van der Waals surface area contributed by atoms with E-state index < -0.39 is 29.6 Å². The molecule has 15 heavy (non-hydrogen) atoms. The van der Waals surface area contributed by atoms with Gasteiger partial charge in [0.2, 0.25) is 0 Å². The molecule has 0 radical (unpaired) electrons. The van der Waals surface area contributed by atoms with Crippen LogP contribution >= 0.6 is 0 Å². The lowest BCUT2D eigenvalue weighted by Gasteiger charge is -2.26. The van der Waals surface area contributed by atoms with Crippen LogP contribution in [0.4, 0.5) is 0 Å². The van der Waals surface area contributed by atoms with Crippen LogP contribution in [0.15, 0.2) is 0 Å². The van der Waals surface area contributed by atoms with Gasteiger partial charge in [0.15, 0.2) is 5.79 Å². The van der Waals surface area contributed by atoms with Gasteiger partial charge in [-0.15, -0.1) is 0 Å². The molecule has 2 N–H and O–H groups in total.